The topological polar surface area (TPSA) is 86.8 Å². The summed E-state index contributed by atoms with van der Waals surface area (Å²) in [6.07, 6.45) is 0.916. The van der Waals surface area contributed by atoms with Crippen molar-refractivity contribution in [3.05, 3.63) is 129 Å². The van der Waals surface area contributed by atoms with E-state index >= 15 is 0 Å². The second kappa shape index (κ2) is 15.6. The van der Waals surface area contributed by atoms with Gasteiger partial charge in [0.25, 0.3) is 10.0 Å². The van der Waals surface area contributed by atoms with Crippen molar-refractivity contribution in [2.45, 2.75) is 64.1 Å². The molecule has 4 aromatic carbocycles. The van der Waals surface area contributed by atoms with Crippen LogP contribution in [0.1, 0.15) is 42.5 Å². The van der Waals surface area contributed by atoms with Crippen LogP contribution in [0.5, 0.6) is 0 Å². The summed E-state index contributed by atoms with van der Waals surface area (Å²) < 4.78 is 29.6. The summed E-state index contributed by atoms with van der Waals surface area (Å²) in [6.45, 7) is 6.90. The van der Waals surface area contributed by atoms with Gasteiger partial charge in [-0.05, 0) is 80.3 Å². The van der Waals surface area contributed by atoms with Crippen LogP contribution in [-0.2, 0) is 32.6 Å². The summed E-state index contributed by atoms with van der Waals surface area (Å²) in [6, 6.07) is 26.8. The highest BCUT2D eigenvalue weighted by molar-refractivity contribution is 7.92. The summed E-state index contributed by atoms with van der Waals surface area (Å²) in [5, 5.41) is 3.88. The van der Waals surface area contributed by atoms with Gasteiger partial charge >= 0.3 is 0 Å². The Kier molecular flexibility index (Phi) is 11.9. The van der Waals surface area contributed by atoms with E-state index in [2.05, 4.69) is 5.32 Å². The number of hydrogen-bond acceptors (Lipinski definition) is 4. The van der Waals surface area contributed by atoms with Gasteiger partial charge in [0.05, 0.1) is 10.6 Å². The first-order chi connectivity index (χ1) is 21.9. The lowest BCUT2D eigenvalue weighted by molar-refractivity contribution is -0.140. The molecular weight excluding hydrogens is 641 g/mol. The van der Waals surface area contributed by atoms with Crippen molar-refractivity contribution in [2.24, 2.45) is 0 Å². The standard InChI is InChI=1S/C36H39Cl2N3O4S/c1-5-26(3)39-36(43)34(22-28-11-7-6-8-12-28)40(23-29-13-9-14-30(37)21-29)35(42)24-41(33-16-10-15-32(38)27(33)4)46(44,45)31-19-17-25(2)18-20-31/h6-21,26,34H,5,22-24H2,1-4H3,(H,39,43)/t26-,34+/m1/s1. The molecule has 0 heterocycles. The summed E-state index contributed by atoms with van der Waals surface area (Å²) >= 11 is 12.8. The number of benzene rings is 4. The highest BCUT2D eigenvalue weighted by Crippen LogP contribution is 2.31. The van der Waals surface area contributed by atoms with Crippen molar-refractivity contribution in [1.29, 1.82) is 0 Å². The average molecular weight is 681 g/mol. The minimum Gasteiger partial charge on any atom is -0.352 e. The molecule has 4 aromatic rings. The average Bonchev–Trinajstić information content (AvgIpc) is 3.03. The summed E-state index contributed by atoms with van der Waals surface area (Å²) in [7, 11) is -4.24. The van der Waals surface area contributed by atoms with Crippen molar-refractivity contribution in [1.82, 2.24) is 10.2 Å². The van der Waals surface area contributed by atoms with Gasteiger partial charge in [-0.2, -0.15) is 0 Å². The number of anilines is 1. The number of aryl methyl sites for hydroxylation is 1. The van der Waals surface area contributed by atoms with Gasteiger partial charge in [-0.3, -0.25) is 13.9 Å². The minimum atomic E-state index is -4.24. The molecule has 0 aliphatic carbocycles. The zero-order valence-electron chi connectivity index (χ0n) is 26.4. The van der Waals surface area contributed by atoms with Gasteiger partial charge in [-0.25, -0.2) is 8.42 Å². The number of carbonyl (C=O) groups is 2. The molecule has 1 N–H and O–H groups in total. The Bertz CT molecular complexity index is 1770. The first-order valence-corrected chi connectivity index (χ1v) is 17.3. The second-order valence-corrected chi connectivity index (χ2v) is 14.1. The van der Waals surface area contributed by atoms with Gasteiger partial charge in [0.15, 0.2) is 0 Å². The number of nitrogens with zero attached hydrogens (tertiary/aromatic N) is 2. The molecule has 0 fully saturated rings. The zero-order chi connectivity index (χ0) is 33.4. The second-order valence-electron chi connectivity index (χ2n) is 11.4. The highest BCUT2D eigenvalue weighted by atomic mass is 35.5. The number of hydrogen-bond donors (Lipinski definition) is 1. The Hall–Kier alpha value is -3.85. The van der Waals surface area contributed by atoms with Gasteiger partial charge in [0, 0.05) is 29.1 Å². The molecule has 10 heteroatoms. The van der Waals surface area contributed by atoms with E-state index in [-0.39, 0.29) is 35.5 Å². The molecule has 0 aliphatic heterocycles. The molecule has 0 saturated heterocycles. The Morgan fingerprint density at radius 2 is 1.50 bits per heavy atom. The minimum absolute atomic E-state index is 0.0256. The third kappa shape index (κ3) is 8.69. The maximum atomic E-state index is 14.6. The first-order valence-electron chi connectivity index (χ1n) is 15.1. The van der Waals surface area contributed by atoms with Crippen LogP contribution < -0.4 is 9.62 Å². The first kappa shape index (κ1) is 35.0. The monoisotopic (exact) mass is 679 g/mol. The van der Waals surface area contributed by atoms with E-state index in [4.69, 9.17) is 23.2 Å². The Morgan fingerprint density at radius 3 is 2.15 bits per heavy atom. The third-order valence-corrected chi connectivity index (χ3v) is 10.3. The molecule has 4 rings (SSSR count). The van der Waals surface area contributed by atoms with Crippen LogP contribution in [0.15, 0.2) is 102 Å². The largest absolute Gasteiger partial charge is 0.352 e. The predicted molar refractivity (Wildman–Crippen MR) is 186 cm³/mol. The molecule has 0 bridgehead atoms. The van der Waals surface area contributed by atoms with Crippen molar-refractivity contribution in [2.75, 3.05) is 10.8 Å². The van der Waals surface area contributed by atoms with Crippen LogP contribution in [0.2, 0.25) is 10.0 Å². The van der Waals surface area contributed by atoms with E-state index in [0.29, 0.717) is 27.6 Å². The summed E-state index contributed by atoms with van der Waals surface area (Å²) in [4.78, 5) is 30.0. The number of sulfonamides is 1. The third-order valence-electron chi connectivity index (χ3n) is 7.91. The molecule has 0 unspecified atom stereocenters. The number of rotatable bonds is 13. The van der Waals surface area contributed by atoms with E-state index < -0.39 is 28.5 Å². The molecule has 2 atom stereocenters. The van der Waals surface area contributed by atoms with E-state index in [1.807, 2.05) is 57.2 Å². The molecule has 7 nitrogen and oxygen atoms in total. The number of halogens is 2. The van der Waals surface area contributed by atoms with Crippen LogP contribution in [0.3, 0.4) is 0 Å². The van der Waals surface area contributed by atoms with Crippen molar-refractivity contribution >= 4 is 50.7 Å². The molecule has 0 spiro atoms. The SMILES string of the molecule is CC[C@@H](C)NC(=O)[C@H](Cc1ccccc1)N(Cc1cccc(Cl)c1)C(=O)CN(c1cccc(Cl)c1C)S(=O)(=O)c1ccc(C)cc1. The molecule has 0 aliphatic rings. The number of amides is 2. The van der Waals surface area contributed by atoms with Crippen LogP contribution in [0.25, 0.3) is 0 Å². The van der Waals surface area contributed by atoms with Crippen molar-refractivity contribution < 1.29 is 18.0 Å². The Morgan fingerprint density at radius 1 is 0.848 bits per heavy atom. The van der Waals surface area contributed by atoms with Crippen LogP contribution >= 0.6 is 23.2 Å². The van der Waals surface area contributed by atoms with Gasteiger partial charge in [0.1, 0.15) is 12.6 Å². The zero-order valence-corrected chi connectivity index (χ0v) is 28.7. The van der Waals surface area contributed by atoms with Crippen molar-refractivity contribution in [3.63, 3.8) is 0 Å². The van der Waals surface area contributed by atoms with Crippen LogP contribution in [0, 0.1) is 13.8 Å². The molecule has 0 saturated carbocycles. The Balaban J connectivity index is 1.84. The maximum absolute atomic E-state index is 14.6. The summed E-state index contributed by atoms with van der Waals surface area (Å²) in [5.41, 5.74) is 3.22. The maximum Gasteiger partial charge on any atom is 0.264 e. The number of carbonyl (C=O) groups excluding carboxylic acids is 2. The van der Waals surface area contributed by atoms with E-state index in [1.165, 1.54) is 17.0 Å². The summed E-state index contributed by atoms with van der Waals surface area (Å²) in [5.74, 6) is -0.893. The molecule has 0 aromatic heterocycles. The van der Waals surface area contributed by atoms with Crippen molar-refractivity contribution in [3.8, 4) is 0 Å². The van der Waals surface area contributed by atoms with Crippen LogP contribution in [-0.4, -0.2) is 43.8 Å². The molecule has 2 amide bonds. The quantitative estimate of drug-likeness (QED) is 0.160. The van der Waals surface area contributed by atoms with Crippen LogP contribution in [0.4, 0.5) is 5.69 Å². The molecule has 46 heavy (non-hydrogen) atoms. The van der Waals surface area contributed by atoms with Gasteiger partial charge in [-0.15, -0.1) is 0 Å². The van der Waals surface area contributed by atoms with E-state index in [9.17, 15) is 18.0 Å². The fourth-order valence-electron chi connectivity index (χ4n) is 5.04. The molecular formula is C36H39Cl2N3O4S. The molecule has 0 radical (unpaired) electrons. The van der Waals surface area contributed by atoms with E-state index in [1.54, 1.807) is 55.5 Å². The number of nitrogens with one attached hydrogen (secondary N) is 1. The lowest BCUT2D eigenvalue weighted by Gasteiger charge is -2.34. The normalized spacial score (nSPS) is 12.7. The Labute approximate surface area is 282 Å². The lowest BCUT2D eigenvalue weighted by atomic mass is 10.0. The predicted octanol–water partition coefficient (Wildman–Crippen LogP) is 7.36. The van der Waals surface area contributed by atoms with Gasteiger partial charge in [0.2, 0.25) is 11.8 Å². The molecule has 242 valence electrons. The van der Waals surface area contributed by atoms with Gasteiger partial charge < -0.3 is 10.2 Å². The van der Waals surface area contributed by atoms with Gasteiger partial charge in [-0.1, -0.05) is 96.4 Å². The lowest BCUT2D eigenvalue weighted by Crippen LogP contribution is -2.54. The fraction of sp³-hybridized carbons (Fsp3) is 0.278. The smallest absolute Gasteiger partial charge is 0.264 e. The van der Waals surface area contributed by atoms with E-state index in [0.717, 1.165) is 15.4 Å². The fourth-order valence-corrected chi connectivity index (χ4v) is 6.90. The highest BCUT2D eigenvalue weighted by Gasteiger charge is 2.35.